The fourth-order valence-corrected chi connectivity index (χ4v) is 3.24. The van der Waals surface area contributed by atoms with E-state index in [4.69, 9.17) is 4.74 Å². The van der Waals surface area contributed by atoms with Crippen molar-refractivity contribution >= 4 is 23.5 Å². The SMILES string of the molecule is Cc1ccc2nc(-c3ccc(C=Cc4ccc([N+](=O)[O-])cc4OCCF)cc3)cn2c1. The van der Waals surface area contributed by atoms with Gasteiger partial charge in [-0.1, -0.05) is 42.5 Å². The van der Waals surface area contributed by atoms with Crippen molar-refractivity contribution in [2.45, 2.75) is 6.92 Å². The highest BCUT2D eigenvalue weighted by molar-refractivity contribution is 5.74. The zero-order chi connectivity index (χ0) is 21.8. The summed E-state index contributed by atoms with van der Waals surface area (Å²) in [6.45, 7) is 1.21. The minimum atomic E-state index is -0.671. The maximum absolute atomic E-state index is 12.5. The third-order valence-corrected chi connectivity index (χ3v) is 4.80. The summed E-state index contributed by atoms with van der Waals surface area (Å²) in [6.07, 6.45) is 7.70. The molecule has 0 saturated heterocycles. The monoisotopic (exact) mass is 417 g/mol. The number of aryl methyl sites for hydroxylation is 1. The zero-order valence-corrected chi connectivity index (χ0v) is 16.9. The molecular formula is C24H20FN3O3. The molecule has 0 radical (unpaired) electrons. The molecule has 0 atom stereocenters. The molecule has 0 unspecified atom stereocenters. The van der Waals surface area contributed by atoms with Crippen LogP contribution in [0.5, 0.6) is 5.75 Å². The Morgan fingerprint density at radius 3 is 2.65 bits per heavy atom. The van der Waals surface area contributed by atoms with Crippen molar-refractivity contribution in [1.29, 1.82) is 0 Å². The quantitative estimate of drug-likeness (QED) is 0.219. The van der Waals surface area contributed by atoms with Crippen molar-refractivity contribution in [3.63, 3.8) is 0 Å². The topological polar surface area (TPSA) is 69.7 Å². The lowest BCUT2D eigenvalue weighted by Crippen LogP contribution is -2.01. The largest absolute Gasteiger partial charge is 0.490 e. The van der Waals surface area contributed by atoms with Gasteiger partial charge >= 0.3 is 0 Å². The molecule has 4 rings (SSSR count). The Kier molecular flexibility index (Phi) is 5.75. The highest BCUT2D eigenvalue weighted by Gasteiger charge is 2.11. The number of nitro benzene ring substituents is 1. The molecule has 0 aliphatic rings. The van der Waals surface area contributed by atoms with E-state index in [0.29, 0.717) is 5.56 Å². The molecule has 0 aliphatic carbocycles. The normalized spacial score (nSPS) is 11.3. The molecule has 2 aromatic heterocycles. The van der Waals surface area contributed by atoms with Gasteiger partial charge < -0.3 is 9.14 Å². The highest BCUT2D eigenvalue weighted by atomic mass is 19.1. The van der Waals surface area contributed by atoms with Crippen molar-refractivity contribution in [1.82, 2.24) is 9.38 Å². The second kappa shape index (κ2) is 8.79. The van der Waals surface area contributed by atoms with E-state index < -0.39 is 11.6 Å². The standard InChI is InChI=1S/C24H20FN3O3/c1-17-2-11-24-26-22(16-27(24)15-17)19-6-3-18(4-7-19)5-8-20-9-10-21(28(29)30)14-23(20)31-13-12-25/h2-11,14-16H,12-13H2,1H3. The Balaban J connectivity index is 1.56. The minimum Gasteiger partial charge on any atom is -0.490 e. The number of non-ortho nitro benzene ring substituents is 1. The van der Waals surface area contributed by atoms with Crippen LogP contribution in [0.3, 0.4) is 0 Å². The lowest BCUT2D eigenvalue weighted by atomic mass is 10.1. The van der Waals surface area contributed by atoms with Gasteiger partial charge in [-0.3, -0.25) is 10.1 Å². The number of rotatable bonds is 7. The summed E-state index contributed by atoms with van der Waals surface area (Å²) < 4.78 is 19.8. The second-order valence-electron chi connectivity index (χ2n) is 7.07. The number of imidazole rings is 1. The van der Waals surface area contributed by atoms with Gasteiger partial charge in [0, 0.05) is 29.6 Å². The first kappa shape index (κ1) is 20.3. The van der Waals surface area contributed by atoms with Gasteiger partial charge in [-0.05, 0) is 30.2 Å². The van der Waals surface area contributed by atoms with Gasteiger partial charge in [0.15, 0.2) is 0 Å². The van der Waals surface area contributed by atoms with Crippen LogP contribution in [0.1, 0.15) is 16.7 Å². The summed E-state index contributed by atoms with van der Waals surface area (Å²) in [5.74, 6) is 0.278. The fraction of sp³-hybridized carbons (Fsp3) is 0.125. The zero-order valence-electron chi connectivity index (χ0n) is 16.9. The van der Waals surface area contributed by atoms with Crippen LogP contribution in [0.25, 0.3) is 29.1 Å². The summed E-state index contributed by atoms with van der Waals surface area (Å²) in [7, 11) is 0. The maximum atomic E-state index is 12.5. The number of aromatic nitrogens is 2. The van der Waals surface area contributed by atoms with Gasteiger partial charge in [-0.15, -0.1) is 0 Å². The minimum absolute atomic E-state index is 0.0991. The maximum Gasteiger partial charge on any atom is 0.273 e. The van der Waals surface area contributed by atoms with Crippen LogP contribution in [-0.2, 0) is 0 Å². The van der Waals surface area contributed by atoms with Crippen LogP contribution in [0, 0.1) is 17.0 Å². The van der Waals surface area contributed by atoms with E-state index in [1.54, 1.807) is 12.1 Å². The number of pyridine rings is 1. The first-order valence-electron chi connectivity index (χ1n) is 9.74. The number of nitro groups is 1. The van der Waals surface area contributed by atoms with E-state index in [1.807, 2.05) is 66.2 Å². The van der Waals surface area contributed by atoms with E-state index >= 15 is 0 Å². The molecule has 0 bridgehead atoms. The van der Waals surface area contributed by atoms with Gasteiger partial charge in [0.2, 0.25) is 0 Å². The molecule has 0 spiro atoms. The lowest BCUT2D eigenvalue weighted by molar-refractivity contribution is -0.384. The van der Waals surface area contributed by atoms with Crippen LogP contribution in [0.4, 0.5) is 10.1 Å². The van der Waals surface area contributed by atoms with Gasteiger partial charge in [-0.2, -0.15) is 0 Å². The smallest absolute Gasteiger partial charge is 0.273 e. The number of benzene rings is 2. The van der Waals surface area contributed by atoms with E-state index in [-0.39, 0.29) is 18.0 Å². The van der Waals surface area contributed by atoms with Crippen LogP contribution < -0.4 is 4.74 Å². The van der Waals surface area contributed by atoms with E-state index in [1.165, 1.54) is 12.1 Å². The first-order valence-corrected chi connectivity index (χ1v) is 9.74. The molecule has 156 valence electrons. The Bertz CT molecular complexity index is 1260. The molecule has 4 aromatic rings. The Morgan fingerprint density at radius 2 is 1.90 bits per heavy atom. The average Bonchev–Trinajstić information content (AvgIpc) is 3.20. The summed E-state index contributed by atoms with van der Waals surface area (Å²) >= 11 is 0. The molecule has 6 nitrogen and oxygen atoms in total. The average molecular weight is 417 g/mol. The summed E-state index contributed by atoms with van der Waals surface area (Å²) in [4.78, 5) is 15.1. The molecule has 0 aliphatic heterocycles. The van der Waals surface area contributed by atoms with E-state index in [9.17, 15) is 14.5 Å². The highest BCUT2D eigenvalue weighted by Crippen LogP contribution is 2.27. The Hall–Kier alpha value is -4.00. The van der Waals surface area contributed by atoms with Crippen molar-refractivity contribution in [3.05, 3.63) is 93.8 Å². The molecule has 0 amide bonds. The Morgan fingerprint density at radius 1 is 1.10 bits per heavy atom. The number of nitrogens with zero attached hydrogens (tertiary/aromatic N) is 3. The predicted octanol–water partition coefficient (Wildman–Crippen LogP) is 5.74. The lowest BCUT2D eigenvalue weighted by Gasteiger charge is -2.07. The molecule has 2 heterocycles. The van der Waals surface area contributed by atoms with Crippen molar-refractivity contribution in [2.75, 3.05) is 13.3 Å². The van der Waals surface area contributed by atoms with Crippen molar-refractivity contribution < 1.29 is 14.1 Å². The van der Waals surface area contributed by atoms with E-state index in [2.05, 4.69) is 4.98 Å². The number of alkyl halides is 1. The molecular weight excluding hydrogens is 397 g/mol. The predicted molar refractivity (Wildman–Crippen MR) is 119 cm³/mol. The second-order valence-corrected chi connectivity index (χ2v) is 7.07. The van der Waals surface area contributed by atoms with Crippen LogP contribution in [0.15, 0.2) is 67.0 Å². The van der Waals surface area contributed by atoms with E-state index in [0.717, 1.165) is 28.0 Å². The van der Waals surface area contributed by atoms with Crippen LogP contribution in [0.2, 0.25) is 0 Å². The number of fused-ring (bicyclic) bond motifs is 1. The van der Waals surface area contributed by atoms with Gasteiger partial charge in [0.1, 0.15) is 24.7 Å². The Labute approximate surface area is 178 Å². The summed E-state index contributed by atoms with van der Waals surface area (Å²) in [5, 5.41) is 11.0. The first-order chi connectivity index (χ1) is 15.0. The molecule has 0 N–H and O–H groups in total. The number of halogens is 1. The van der Waals surface area contributed by atoms with Gasteiger partial charge in [0.05, 0.1) is 16.7 Å². The summed E-state index contributed by atoms with van der Waals surface area (Å²) in [5.41, 5.74) is 5.43. The number of ether oxygens (including phenoxy) is 1. The van der Waals surface area contributed by atoms with Crippen molar-refractivity contribution in [3.8, 4) is 17.0 Å². The van der Waals surface area contributed by atoms with Crippen LogP contribution >= 0.6 is 0 Å². The third-order valence-electron chi connectivity index (χ3n) is 4.80. The molecule has 0 fully saturated rings. The molecule has 7 heteroatoms. The number of hydrogen-bond donors (Lipinski definition) is 0. The molecule has 31 heavy (non-hydrogen) atoms. The fourth-order valence-electron chi connectivity index (χ4n) is 3.24. The van der Waals surface area contributed by atoms with Crippen molar-refractivity contribution in [2.24, 2.45) is 0 Å². The van der Waals surface area contributed by atoms with Gasteiger partial charge in [-0.25, -0.2) is 9.37 Å². The third kappa shape index (κ3) is 4.61. The summed E-state index contributed by atoms with van der Waals surface area (Å²) in [6, 6.07) is 16.2. The van der Waals surface area contributed by atoms with Gasteiger partial charge in [0.25, 0.3) is 5.69 Å². The molecule has 0 saturated carbocycles. The number of hydrogen-bond acceptors (Lipinski definition) is 4. The van der Waals surface area contributed by atoms with Crippen LogP contribution in [-0.4, -0.2) is 27.6 Å². The molecule has 2 aromatic carbocycles.